The molecule has 2 heterocycles. The predicted octanol–water partition coefficient (Wildman–Crippen LogP) is 1.99. The lowest BCUT2D eigenvalue weighted by Gasteiger charge is -2.37. The van der Waals surface area contributed by atoms with E-state index >= 15 is 0 Å². The van der Waals surface area contributed by atoms with Gasteiger partial charge < -0.3 is 15.0 Å². The Morgan fingerprint density at radius 1 is 0.920 bits per heavy atom. The summed E-state index contributed by atoms with van der Waals surface area (Å²) in [6.45, 7) is 8.97. The average Bonchev–Trinajstić information content (AvgIpc) is 2.66. The number of nitrogens with one attached hydrogen (secondary N) is 1. The molecule has 0 aromatic heterocycles. The zero-order valence-corrected chi connectivity index (χ0v) is 16.0. The van der Waals surface area contributed by atoms with Crippen LogP contribution in [0.5, 0.6) is 0 Å². The SMILES string of the molecule is CCOC(=O)C(CC)(CN1CCCCC1)C(=O)NCN1CCCCC1. The molecule has 0 aromatic carbocycles. The number of hydrogen-bond acceptors (Lipinski definition) is 5. The third-order valence-corrected chi connectivity index (χ3v) is 5.56. The van der Waals surface area contributed by atoms with E-state index in [1.807, 2.05) is 6.92 Å². The quantitative estimate of drug-likeness (QED) is 0.534. The first-order valence-electron chi connectivity index (χ1n) is 10.0. The van der Waals surface area contributed by atoms with Gasteiger partial charge in [0.15, 0.2) is 5.41 Å². The molecule has 144 valence electrons. The molecular formula is C19H35N3O3. The number of ether oxygens (including phenoxy) is 1. The third kappa shape index (κ3) is 5.42. The van der Waals surface area contributed by atoms with Gasteiger partial charge in [0.1, 0.15) is 0 Å². The topological polar surface area (TPSA) is 61.9 Å². The fourth-order valence-electron chi connectivity index (χ4n) is 3.88. The Morgan fingerprint density at radius 2 is 1.48 bits per heavy atom. The molecule has 0 bridgehead atoms. The average molecular weight is 354 g/mol. The minimum Gasteiger partial charge on any atom is -0.465 e. The molecule has 2 saturated heterocycles. The second kappa shape index (κ2) is 10.1. The fourth-order valence-corrected chi connectivity index (χ4v) is 3.88. The van der Waals surface area contributed by atoms with Gasteiger partial charge in [-0.05, 0) is 65.2 Å². The van der Waals surface area contributed by atoms with Crippen molar-refractivity contribution in [2.75, 3.05) is 46.0 Å². The van der Waals surface area contributed by atoms with Crippen molar-refractivity contribution in [3.05, 3.63) is 0 Å². The van der Waals surface area contributed by atoms with Crippen molar-refractivity contribution in [3.63, 3.8) is 0 Å². The molecule has 25 heavy (non-hydrogen) atoms. The van der Waals surface area contributed by atoms with Crippen LogP contribution in [0, 0.1) is 5.41 Å². The molecular weight excluding hydrogens is 318 g/mol. The molecule has 1 atom stereocenters. The summed E-state index contributed by atoms with van der Waals surface area (Å²) in [5.41, 5.74) is -1.09. The second-order valence-corrected chi connectivity index (χ2v) is 7.34. The van der Waals surface area contributed by atoms with Gasteiger partial charge in [0, 0.05) is 6.54 Å². The van der Waals surface area contributed by atoms with Crippen LogP contribution >= 0.6 is 0 Å². The highest BCUT2D eigenvalue weighted by Crippen LogP contribution is 2.28. The summed E-state index contributed by atoms with van der Waals surface area (Å²) in [7, 11) is 0. The Kier molecular flexibility index (Phi) is 8.16. The predicted molar refractivity (Wildman–Crippen MR) is 98.1 cm³/mol. The lowest BCUT2D eigenvalue weighted by molar-refractivity contribution is -0.163. The molecule has 0 aromatic rings. The van der Waals surface area contributed by atoms with Crippen LogP contribution in [0.2, 0.25) is 0 Å². The second-order valence-electron chi connectivity index (χ2n) is 7.34. The third-order valence-electron chi connectivity index (χ3n) is 5.56. The highest BCUT2D eigenvalue weighted by Gasteiger charge is 2.47. The lowest BCUT2D eigenvalue weighted by atomic mass is 9.82. The molecule has 6 nitrogen and oxygen atoms in total. The minimum atomic E-state index is -1.09. The zero-order valence-electron chi connectivity index (χ0n) is 16.0. The summed E-state index contributed by atoms with van der Waals surface area (Å²) in [5, 5.41) is 3.03. The summed E-state index contributed by atoms with van der Waals surface area (Å²) >= 11 is 0. The molecule has 2 fully saturated rings. The number of carbonyl (C=O) groups excluding carboxylic acids is 2. The summed E-state index contributed by atoms with van der Waals surface area (Å²) in [6, 6.07) is 0. The van der Waals surface area contributed by atoms with Gasteiger partial charge >= 0.3 is 5.97 Å². The zero-order chi connectivity index (χ0) is 18.1. The van der Waals surface area contributed by atoms with Gasteiger partial charge in [-0.3, -0.25) is 14.5 Å². The Balaban J connectivity index is 2.04. The number of nitrogens with zero attached hydrogens (tertiary/aromatic N) is 2. The van der Waals surface area contributed by atoms with Crippen molar-refractivity contribution in [1.82, 2.24) is 15.1 Å². The van der Waals surface area contributed by atoms with Gasteiger partial charge in [-0.25, -0.2) is 0 Å². The van der Waals surface area contributed by atoms with Crippen LogP contribution in [-0.2, 0) is 14.3 Å². The van der Waals surface area contributed by atoms with E-state index in [4.69, 9.17) is 4.74 Å². The van der Waals surface area contributed by atoms with Gasteiger partial charge in [0.2, 0.25) is 5.91 Å². The number of esters is 1. The van der Waals surface area contributed by atoms with Crippen LogP contribution in [0.4, 0.5) is 0 Å². The number of rotatable bonds is 8. The summed E-state index contributed by atoms with van der Waals surface area (Å²) < 4.78 is 5.31. The number of hydrogen-bond donors (Lipinski definition) is 1. The Hall–Kier alpha value is -1.14. The highest BCUT2D eigenvalue weighted by molar-refractivity contribution is 6.03. The van der Waals surface area contributed by atoms with Gasteiger partial charge in [-0.1, -0.05) is 19.8 Å². The normalized spacial score (nSPS) is 22.2. The van der Waals surface area contributed by atoms with E-state index in [2.05, 4.69) is 15.1 Å². The Morgan fingerprint density at radius 3 is 2.00 bits per heavy atom. The molecule has 2 aliphatic heterocycles. The van der Waals surface area contributed by atoms with E-state index in [1.165, 1.54) is 25.7 Å². The van der Waals surface area contributed by atoms with Crippen LogP contribution in [-0.4, -0.2) is 67.7 Å². The number of carbonyl (C=O) groups is 2. The molecule has 2 rings (SSSR count). The fraction of sp³-hybridized carbons (Fsp3) is 0.895. The Bertz CT molecular complexity index is 432. The van der Waals surface area contributed by atoms with E-state index in [0.29, 0.717) is 26.2 Å². The maximum atomic E-state index is 13.1. The van der Waals surface area contributed by atoms with Crippen molar-refractivity contribution in [2.24, 2.45) is 5.41 Å². The van der Waals surface area contributed by atoms with E-state index < -0.39 is 5.41 Å². The summed E-state index contributed by atoms with van der Waals surface area (Å²) in [5.74, 6) is -0.552. The van der Waals surface area contributed by atoms with E-state index in [9.17, 15) is 9.59 Å². The lowest BCUT2D eigenvalue weighted by Crippen LogP contribution is -2.56. The van der Waals surface area contributed by atoms with Crippen LogP contribution in [0.25, 0.3) is 0 Å². The van der Waals surface area contributed by atoms with E-state index in [1.54, 1.807) is 6.92 Å². The van der Waals surface area contributed by atoms with Crippen LogP contribution in [0.1, 0.15) is 58.8 Å². The monoisotopic (exact) mass is 353 g/mol. The first kappa shape index (κ1) is 20.2. The van der Waals surface area contributed by atoms with Gasteiger partial charge in [0.25, 0.3) is 0 Å². The van der Waals surface area contributed by atoms with Crippen LogP contribution in [0.3, 0.4) is 0 Å². The maximum absolute atomic E-state index is 13.1. The van der Waals surface area contributed by atoms with Gasteiger partial charge in [-0.15, -0.1) is 0 Å². The standard InChI is InChI=1S/C19H35N3O3/c1-3-19(18(24)25-4-2,15-21-11-7-5-8-12-21)17(23)20-16-22-13-9-6-10-14-22/h3-16H2,1-2H3,(H,20,23). The number of likely N-dealkylation sites (tertiary alicyclic amines) is 2. The first-order valence-corrected chi connectivity index (χ1v) is 10.0. The molecule has 6 heteroatoms. The summed E-state index contributed by atoms with van der Waals surface area (Å²) in [6.07, 6.45) is 7.60. The van der Waals surface area contributed by atoms with Crippen LogP contribution < -0.4 is 5.32 Å². The molecule has 1 amide bonds. The number of piperidine rings is 2. The minimum absolute atomic E-state index is 0.176. The first-order chi connectivity index (χ1) is 12.1. The van der Waals surface area contributed by atoms with E-state index in [0.717, 1.165) is 39.0 Å². The van der Waals surface area contributed by atoms with Crippen molar-refractivity contribution in [2.45, 2.75) is 58.8 Å². The van der Waals surface area contributed by atoms with Crippen molar-refractivity contribution in [1.29, 1.82) is 0 Å². The van der Waals surface area contributed by atoms with Crippen molar-refractivity contribution in [3.8, 4) is 0 Å². The smallest absolute Gasteiger partial charge is 0.322 e. The van der Waals surface area contributed by atoms with Crippen molar-refractivity contribution >= 4 is 11.9 Å². The Labute approximate surface area is 152 Å². The van der Waals surface area contributed by atoms with Gasteiger partial charge in [0.05, 0.1) is 13.3 Å². The maximum Gasteiger partial charge on any atom is 0.322 e. The molecule has 0 spiro atoms. The molecule has 1 unspecified atom stereocenters. The van der Waals surface area contributed by atoms with E-state index in [-0.39, 0.29) is 11.9 Å². The highest BCUT2D eigenvalue weighted by atomic mass is 16.5. The molecule has 0 radical (unpaired) electrons. The molecule has 2 aliphatic rings. The van der Waals surface area contributed by atoms with Gasteiger partial charge in [-0.2, -0.15) is 0 Å². The molecule has 0 aliphatic carbocycles. The number of amides is 1. The molecule has 0 saturated carbocycles. The molecule has 1 N–H and O–H groups in total. The largest absolute Gasteiger partial charge is 0.465 e. The van der Waals surface area contributed by atoms with Crippen LogP contribution in [0.15, 0.2) is 0 Å². The summed E-state index contributed by atoms with van der Waals surface area (Å²) in [4.78, 5) is 30.3. The van der Waals surface area contributed by atoms with Crippen molar-refractivity contribution < 1.29 is 14.3 Å².